The van der Waals surface area contributed by atoms with E-state index in [9.17, 15) is 13.6 Å². The van der Waals surface area contributed by atoms with E-state index < -0.39 is 11.6 Å². The Morgan fingerprint density at radius 3 is 2.70 bits per heavy atom. The maximum Gasteiger partial charge on any atom is 0.248 e. The number of pyridine rings is 1. The molecule has 10 nitrogen and oxygen atoms in total. The Labute approximate surface area is 213 Å². The van der Waals surface area contributed by atoms with Crippen molar-refractivity contribution in [2.45, 2.75) is 19.3 Å². The number of likely N-dealkylation sites (tertiary alicyclic amines) is 1. The monoisotopic (exact) mass is 519 g/mol. The van der Waals surface area contributed by atoms with Crippen molar-refractivity contribution < 1.29 is 32.9 Å². The summed E-state index contributed by atoms with van der Waals surface area (Å²) < 4.78 is 44.2. The molecule has 1 saturated heterocycles. The maximum atomic E-state index is 14.6. The summed E-state index contributed by atoms with van der Waals surface area (Å²) in [7, 11) is 0. The fourth-order valence-corrected chi connectivity index (χ4v) is 4.33. The third-order valence-corrected chi connectivity index (χ3v) is 6.11. The topological polar surface area (TPSA) is 123 Å². The van der Waals surface area contributed by atoms with Crippen molar-refractivity contribution in [2.75, 3.05) is 59.3 Å². The Morgan fingerprint density at radius 1 is 1.11 bits per heavy atom. The van der Waals surface area contributed by atoms with E-state index in [2.05, 4.69) is 19.9 Å². The molecule has 3 aromatic rings. The molecular formula is C25H31F2N5O5. The maximum absolute atomic E-state index is 14.6. The molecule has 3 aromatic heterocycles. The standard InChI is InChI=1S/C25H31F2N5O5/c26-18-11-19-20(13-29-24(19)28-12-18)25-30-14-21(27)22(31-25)10-17-2-1-3-32(15-17)23(34)16-37-9-8-36-7-6-35-5-4-33/h11-14,17,33H,1-10,15-16H2,(H,28,29)/t17-/m1/s1. The number of aromatic amines is 1. The van der Waals surface area contributed by atoms with Crippen LogP contribution in [0.3, 0.4) is 0 Å². The molecule has 4 rings (SSSR count). The minimum absolute atomic E-state index is 0.0249. The Balaban J connectivity index is 1.28. The first-order chi connectivity index (χ1) is 18.0. The molecule has 1 aliphatic heterocycles. The average molecular weight is 520 g/mol. The van der Waals surface area contributed by atoms with Crippen LogP contribution in [0.15, 0.2) is 24.7 Å². The van der Waals surface area contributed by atoms with Crippen LogP contribution < -0.4 is 0 Å². The highest BCUT2D eigenvalue weighted by Gasteiger charge is 2.25. The Morgan fingerprint density at radius 2 is 1.89 bits per heavy atom. The van der Waals surface area contributed by atoms with Crippen molar-refractivity contribution >= 4 is 16.9 Å². The van der Waals surface area contributed by atoms with Gasteiger partial charge in [-0.15, -0.1) is 0 Å². The number of amides is 1. The first-order valence-electron chi connectivity index (χ1n) is 12.3. The van der Waals surface area contributed by atoms with E-state index in [4.69, 9.17) is 19.3 Å². The molecule has 1 aliphatic rings. The molecule has 0 bridgehead atoms. The number of aliphatic hydroxyl groups is 1. The number of nitrogens with one attached hydrogen (secondary N) is 1. The Bertz CT molecular complexity index is 1180. The van der Waals surface area contributed by atoms with Crippen molar-refractivity contribution in [2.24, 2.45) is 5.92 Å². The molecule has 0 radical (unpaired) electrons. The number of aliphatic hydroxyl groups excluding tert-OH is 1. The average Bonchev–Trinajstić information content (AvgIpc) is 3.32. The molecule has 37 heavy (non-hydrogen) atoms. The van der Waals surface area contributed by atoms with Crippen LogP contribution in [0.4, 0.5) is 8.78 Å². The van der Waals surface area contributed by atoms with Crippen LogP contribution in [0.5, 0.6) is 0 Å². The number of fused-ring (bicyclic) bond motifs is 1. The summed E-state index contributed by atoms with van der Waals surface area (Å²) in [5.41, 5.74) is 1.30. The Kier molecular flexibility index (Phi) is 9.83. The summed E-state index contributed by atoms with van der Waals surface area (Å²) in [5, 5.41) is 9.15. The van der Waals surface area contributed by atoms with Crippen LogP contribution in [-0.4, -0.2) is 95.2 Å². The van der Waals surface area contributed by atoms with Crippen molar-refractivity contribution in [1.29, 1.82) is 0 Å². The molecule has 4 heterocycles. The van der Waals surface area contributed by atoms with Crippen molar-refractivity contribution in [3.8, 4) is 11.4 Å². The summed E-state index contributed by atoms with van der Waals surface area (Å²) in [4.78, 5) is 29.9. The minimum atomic E-state index is -0.513. The summed E-state index contributed by atoms with van der Waals surface area (Å²) in [6.07, 6.45) is 5.88. The van der Waals surface area contributed by atoms with Crippen molar-refractivity contribution in [3.05, 3.63) is 42.0 Å². The largest absolute Gasteiger partial charge is 0.394 e. The fourth-order valence-electron chi connectivity index (χ4n) is 4.33. The molecule has 200 valence electrons. The number of nitrogens with zero attached hydrogens (tertiary/aromatic N) is 4. The Hall–Kier alpha value is -3.06. The zero-order chi connectivity index (χ0) is 26.0. The number of carbonyl (C=O) groups excluding carboxylic acids is 1. The predicted molar refractivity (Wildman–Crippen MR) is 130 cm³/mol. The highest BCUT2D eigenvalue weighted by Crippen LogP contribution is 2.27. The third kappa shape index (κ3) is 7.48. The number of rotatable bonds is 13. The number of carbonyl (C=O) groups is 1. The van der Waals surface area contributed by atoms with Gasteiger partial charge in [-0.1, -0.05) is 0 Å². The van der Waals surface area contributed by atoms with Crippen LogP contribution in [0.1, 0.15) is 18.5 Å². The van der Waals surface area contributed by atoms with E-state index >= 15 is 0 Å². The number of ether oxygens (including phenoxy) is 3. The van der Waals surface area contributed by atoms with Crippen LogP contribution in [0, 0.1) is 17.6 Å². The summed E-state index contributed by atoms with van der Waals surface area (Å²) >= 11 is 0. The van der Waals surface area contributed by atoms with Gasteiger partial charge < -0.3 is 29.2 Å². The van der Waals surface area contributed by atoms with Gasteiger partial charge in [-0.05, 0) is 31.2 Å². The van der Waals surface area contributed by atoms with E-state index in [0.717, 1.165) is 25.2 Å². The lowest BCUT2D eigenvalue weighted by atomic mass is 9.93. The number of hydrogen-bond acceptors (Lipinski definition) is 8. The van der Waals surface area contributed by atoms with Gasteiger partial charge in [-0.25, -0.2) is 23.7 Å². The first kappa shape index (κ1) is 27.0. The van der Waals surface area contributed by atoms with Gasteiger partial charge in [0.2, 0.25) is 5.91 Å². The molecule has 1 amide bonds. The van der Waals surface area contributed by atoms with Gasteiger partial charge in [0.25, 0.3) is 0 Å². The highest BCUT2D eigenvalue weighted by molar-refractivity contribution is 5.91. The quantitative estimate of drug-likeness (QED) is 0.329. The van der Waals surface area contributed by atoms with E-state index in [1.165, 1.54) is 6.07 Å². The summed E-state index contributed by atoms with van der Waals surface area (Å²) in [5.74, 6) is -0.786. The molecule has 2 N–H and O–H groups in total. The lowest BCUT2D eigenvalue weighted by Gasteiger charge is -2.32. The molecule has 0 aliphatic carbocycles. The van der Waals surface area contributed by atoms with Crippen LogP contribution in [0.2, 0.25) is 0 Å². The third-order valence-electron chi connectivity index (χ3n) is 6.11. The minimum Gasteiger partial charge on any atom is -0.394 e. The fraction of sp³-hybridized carbons (Fsp3) is 0.520. The van der Waals surface area contributed by atoms with E-state index in [-0.39, 0.29) is 49.8 Å². The number of halogens is 2. The van der Waals surface area contributed by atoms with Gasteiger partial charge >= 0.3 is 0 Å². The van der Waals surface area contributed by atoms with Gasteiger partial charge in [0.15, 0.2) is 11.6 Å². The van der Waals surface area contributed by atoms with E-state index in [1.54, 1.807) is 11.1 Å². The number of piperidine rings is 1. The second-order valence-electron chi connectivity index (χ2n) is 8.79. The summed E-state index contributed by atoms with van der Waals surface area (Å²) in [6.45, 7) is 2.72. The molecule has 1 atom stereocenters. The zero-order valence-corrected chi connectivity index (χ0v) is 20.5. The number of aromatic nitrogens is 4. The number of H-pyrrole nitrogens is 1. The molecule has 0 aromatic carbocycles. The molecular weight excluding hydrogens is 488 g/mol. The van der Waals surface area contributed by atoms with Crippen LogP contribution in [-0.2, 0) is 25.4 Å². The normalized spacial score (nSPS) is 16.0. The predicted octanol–water partition coefficient (Wildman–Crippen LogP) is 2.12. The molecule has 12 heteroatoms. The zero-order valence-electron chi connectivity index (χ0n) is 20.5. The molecule has 1 fully saturated rings. The lowest BCUT2D eigenvalue weighted by Crippen LogP contribution is -2.42. The van der Waals surface area contributed by atoms with Gasteiger partial charge in [-0.3, -0.25) is 4.79 Å². The van der Waals surface area contributed by atoms with E-state index in [0.29, 0.717) is 55.9 Å². The first-order valence-corrected chi connectivity index (χ1v) is 12.3. The van der Waals surface area contributed by atoms with Crippen LogP contribution >= 0.6 is 0 Å². The SMILES string of the molecule is O=C(COCCOCCOCCO)N1CCC[C@H](Cc2nc(-c3c[nH]c4ncc(F)cc34)ncc2F)C1. The van der Waals surface area contributed by atoms with Crippen LogP contribution in [0.25, 0.3) is 22.4 Å². The van der Waals surface area contributed by atoms with Crippen molar-refractivity contribution in [1.82, 2.24) is 24.8 Å². The second kappa shape index (κ2) is 13.5. The van der Waals surface area contributed by atoms with Gasteiger partial charge in [0.05, 0.1) is 57.7 Å². The number of hydrogen-bond donors (Lipinski definition) is 2. The molecule has 0 unspecified atom stereocenters. The smallest absolute Gasteiger partial charge is 0.248 e. The molecule has 0 spiro atoms. The summed E-state index contributed by atoms with van der Waals surface area (Å²) in [6, 6.07) is 1.34. The van der Waals surface area contributed by atoms with Gasteiger partial charge in [-0.2, -0.15) is 0 Å². The van der Waals surface area contributed by atoms with Crippen molar-refractivity contribution in [3.63, 3.8) is 0 Å². The van der Waals surface area contributed by atoms with Gasteiger partial charge in [0, 0.05) is 30.2 Å². The lowest BCUT2D eigenvalue weighted by molar-refractivity contribution is -0.138. The second-order valence-corrected chi connectivity index (χ2v) is 8.79. The van der Waals surface area contributed by atoms with E-state index in [1.807, 2.05) is 0 Å². The molecule has 0 saturated carbocycles. The van der Waals surface area contributed by atoms with Gasteiger partial charge in [0.1, 0.15) is 18.1 Å². The highest BCUT2D eigenvalue weighted by atomic mass is 19.1.